The van der Waals surface area contributed by atoms with E-state index in [1.165, 1.54) is 18.4 Å². The number of rotatable bonds is 7. The zero-order valence-corrected chi connectivity index (χ0v) is 14.2. The Labute approximate surface area is 132 Å². The molecule has 0 amide bonds. The number of hydrogen-bond acceptors (Lipinski definition) is 4. The van der Waals surface area contributed by atoms with Gasteiger partial charge in [-0.1, -0.05) is 12.1 Å². The number of ether oxygens (including phenoxy) is 1. The molecule has 1 aromatic rings. The van der Waals surface area contributed by atoms with Gasteiger partial charge in [-0.2, -0.15) is 0 Å². The molecule has 8 heteroatoms. The molecule has 0 spiro atoms. The van der Waals surface area contributed by atoms with E-state index in [0.29, 0.717) is 19.1 Å². The number of hydrogen-bond donors (Lipinski definition) is 2. The van der Waals surface area contributed by atoms with Crippen molar-refractivity contribution in [3.8, 4) is 0 Å². The van der Waals surface area contributed by atoms with E-state index in [4.69, 9.17) is 10.5 Å². The molecule has 0 aromatic heterocycles. The molecule has 0 aliphatic carbocycles. The zero-order chi connectivity index (χ0) is 16.8. The van der Waals surface area contributed by atoms with E-state index in [2.05, 4.69) is 10.3 Å². The molecular weight excluding hydrogens is 304 g/mol. The van der Waals surface area contributed by atoms with Crippen molar-refractivity contribution in [1.29, 1.82) is 0 Å². The molecule has 1 rings (SSSR count). The SMILES string of the molecule is COCC(C)NC(N)=NCc1ccc(S(=O)(=O)N(C)C)cc1. The molecule has 124 valence electrons. The van der Waals surface area contributed by atoms with Crippen molar-refractivity contribution in [1.82, 2.24) is 9.62 Å². The fourth-order valence-corrected chi connectivity index (χ4v) is 2.65. The van der Waals surface area contributed by atoms with Gasteiger partial charge in [-0.15, -0.1) is 0 Å². The zero-order valence-electron chi connectivity index (χ0n) is 13.4. The average molecular weight is 328 g/mol. The van der Waals surface area contributed by atoms with Crippen LogP contribution in [0, 0.1) is 0 Å². The van der Waals surface area contributed by atoms with E-state index >= 15 is 0 Å². The van der Waals surface area contributed by atoms with Gasteiger partial charge in [-0.3, -0.25) is 0 Å². The summed E-state index contributed by atoms with van der Waals surface area (Å²) in [5.74, 6) is 0.328. The topological polar surface area (TPSA) is 97.0 Å². The van der Waals surface area contributed by atoms with Crippen LogP contribution in [0.2, 0.25) is 0 Å². The lowest BCUT2D eigenvalue weighted by Gasteiger charge is -2.13. The third-order valence-corrected chi connectivity index (χ3v) is 4.77. The van der Waals surface area contributed by atoms with Crippen molar-refractivity contribution >= 4 is 16.0 Å². The highest BCUT2D eigenvalue weighted by Crippen LogP contribution is 2.14. The Morgan fingerprint density at radius 2 is 1.95 bits per heavy atom. The number of nitrogens with one attached hydrogen (secondary N) is 1. The van der Waals surface area contributed by atoms with Crippen LogP contribution < -0.4 is 11.1 Å². The lowest BCUT2D eigenvalue weighted by atomic mass is 10.2. The van der Waals surface area contributed by atoms with Crippen LogP contribution >= 0.6 is 0 Å². The highest BCUT2D eigenvalue weighted by Gasteiger charge is 2.16. The van der Waals surface area contributed by atoms with Gasteiger partial charge in [0.15, 0.2) is 5.96 Å². The summed E-state index contributed by atoms with van der Waals surface area (Å²) in [6.07, 6.45) is 0. The van der Waals surface area contributed by atoms with Crippen molar-refractivity contribution in [2.24, 2.45) is 10.7 Å². The summed E-state index contributed by atoms with van der Waals surface area (Å²) in [5, 5.41) is 3.00. The minimum absolute atomic E-state index is 0.0707. The molecule has 0 saturated heterocycles. The lowest BCUT2D eigenvalue weighted by molar-refractivity contribution is 0.179. The van der Waals surface area contributed by atoms with E-state index in [0.717, 1.165) is 5.56 Å². The minimum Gasteiger partial charge on any atom is -0.383 e. The first kappa shape index (κ1) is 18.4. The molecular formula is C14H24N4O3S. The smallest absolute Gasteiger partial charge is 0.242 e. The van der Waals surface area contributed by atoms with Gasteiger partial charge in [-0.05, 0) is 24.6 Å². The Hall–Kier alpha value is -1.64. The van der Waals surface area contributed by atoms with Gasteiger partial charge in [0.25, 0.3) is 0 Å². The van der Waals surface area contributed by atoms with Crippen LogP contribution in [0.15, 0.2) is 34.2 Å². The summed E-state index contributed by atoms with van der Waals surface area (Å²) in [6.45, 7) is 2.85. The molecule has 22 heavy (non-hydrogen) atoms. The second kappa shape index (κ2) is 8.11. The molecule has 0 aliphatic rings. The number of nitrogens with two attached hydrogens (primary N) is 1. The van der Waals surface area contributed by atoms with Gasteiger partial charge >= 0.3 is 0 Å². The number of guanidine groups is 1. The van der Waals surface area contributed by atoms with Crippen molar-refractivity contribution < 1.29 is 13.2 Å². The molecule has 7 nitrogen and oxygen atoms in total. The van der Waals surface area contributed by atoms with E-state index in [1.54, 1.807) is 31.4 Å². The van der Waals surface area contributed by atoms with Crippen molar-refractivity contribution in [3.05, 3.63) is 29.8 Å². The maximum Gasteiger partial charge on any atom is 0.242 e. The number of benzene rings is 1. The molecule has 1 atom stereocenters. The third kappa shape index (κ3) is 5.28. The second-order valence-electron chi connectivity index (χ2n) is 5.13. The minimum atomic E-state index is -3.40. The molecule has 0 bridgehead atoms. The predicted octanol–water partition coefficient (Wildman–Crippen LogP) is 0.376. The van der Waals surface area contributed by atoms with E-state index in [9.17, 15) is 8.42 Å². The Morgan fingerprint density at radius 3 is 2.45 bits per heavy atom. The molecule has 0 aliphatic heterocycles. The average Bonchev–Trinajstić information content (AvgIpc) is 2.45. The number of sulfonamides is 1. The monoisotopic (exact) mass is 328 g/mol. The summed E-state index contributed by atoms with van der Waals surface area (Å²) in [7, 11) is 1.22. The van der Waals surface area contributed by atoms with Crippen molar-refractivity contribution in [2.45, 2.75) is 24.4 Å². The van der Waals surface area contributed by atoms with E-state index in [1.807, 2.05) is 6.92 Å². The summed E-state index contributed by atoms with van der Waals surface area (Å²) < 4.78 is 30.1. The van der Waals surface area contributed by atoms with Gasteiger partial charge < -0.3 is 15.8 Å². The number of methoxy groups -OCH3 is 1. The standard InChI is InChI=1S/C14H24N4O3S/c1-11(10-21-4)17-14(15)16-9-12-5-7-13(8-6-12)22(19,20)18(2)3/h5-8,11H,9-10H2,1-4H3,(H3,15,16,17). The van der Waals surface area contributed by atoms with E-state index < -0.39 is 10.0 Å². The first-order chi connectivity index (χ1) is 10.3. The highest BCUT2D eigenvalue weighted by atomic mass is 32.2. The predicted molar refractivity (Wildman–Crippen MR) is 87.1 cm³/mol. The second-order valence-corrected chi connectivity index (χ2v) is 7.29. The fraction of sp³-hybridized carbons (Fsp3) is 0.500. The van der Waals surface area contributed by atoms with Crippen LogP contribution in [0.25, 0.3) is 0 Å². The fourth-order valence-electron chi connectivity index (χ4n) is 1.74. The van der Waals surface area contributed by atoms with Crippen molar-refractivity contribution in [3.63, 3.8) is 0 Å². The molecule has 0 heterocycles. The number of nitrogens with zero attached hydrogens (tertiary/aromatic N) is 2. The first-order valence-corrected chi connectivity index (χ1v) is 8.28. The van der Waals surface area contributed by atoms with Gasteiger partial charge in [0.05, 0.1) is 18.0 Å². The quantitative estimate of drug-likeness (QED) is 0.557. The summed E-state index contributed by atoms with van der Waals surface area (Å²) in [4.78, 5) is 4.47. The van der Waals surface area contributed by atoms with Gasteiger partial charge in [0.1, 0.15) is 0 Å². The Kier molecular flexibility index (Phi) is 6.79. The van der Waals surface area contributed by atoms with Gasteiger partial charge in [0.2, 0.25) is 10.0 Å². The van der Waals surface area contributed by atoms with E-state index in [-0.39, 0.29) is 10.9 Å². The summed E-state index contributed by atoms with van der Waals surface area (Å²) in [6, 6.07) is 6.66. The molecule has 0 fully saturated rings. The molecule has 3 N–H and O–H groups in total. The normalized spacial score (nSPS) is 14.1. The molecule has 1 aromatic carbocycles. The van der Waals surface area contributed by atoms with Crippen LogP contribution in [-0.4, -0.2) is 52.5 Å². The largest absolute Gasteiger partial charge is 0.383 e. The van der Waals surface area contributed by atoms with Crippen LogP contribution in [0.1, 0.15) is 12.5 Å². The van der Waals surface area contributed by atoms with Gasteiger partial charge in [-0.25, -0.2) is 17.7 Å². The first-order valence-electron chi connectivity index (χ1n) is 6.84. The van der Waals surface area contributed by atoms with Crippen molar-refractivity contribution in [2.75, 3.05) is 27.8 Å². The van der Waals surface area contributed by atoms with Crippen LogP contribution in [0.4, 0.5) is 0 Å². The molecule has 0 radical (unpaired) electrons. The molecule has 0 saturated carbocycles. The Balaban J connectivity index is 2.69. The number of aliphatic imine (C=N–C) groups is 1. The maximum atomic E-state index is 11.9. The summed E-state index contributed by atoms with van der Waals surface area (Å²) in [5.41, 5.74) is 6.65. The van der Waals surface area contributed by atoms with Crippen LogP contribution in [0.3, 0.4) is 0 Å². The maximum absolute atomic E-state index is 11.9. The highest BCUT2D eigenvalue weighted by molar-refractivity contribution is 7.89. The van der Waals surface area contributed by atoms with Crippen LogP contribution in [0.5, 0.6) is 0 Å². The lowest BCUT2D eigenvalue weighted by Crippen LogP contribution is -2.40. The third-order valence-electron chi connectivity index (χ3n) is 2.94. The van der Waals surface area contributed by atoms with Gasteiger partial charge in [0, 0.05) is 27.2 Å². The van der Waals surface area contributed by atoms with Crippen LogP contribution in [-0.2, 0) is 21.3 Å². The Bertz CT molecular complexity index is 597. The summed E-state index contributed by atoms with van der Waals surface area (Å²) >= 11 is 0. The molecule has 1 unspecified atom stereocenters. The Morgan fingerprint density at radius 1 is 1.36 bits per heavy atom.